The Morgan fingerprint density at radius 2 is 1.62 bits per heavy atom. The van der Waals surface area contributed by atoms with Gasteiger partial charge in [0.2, 0.25) is 0 Å². The van der Waals surface area contributed by atoms with E-state index in [0.29, 0.717) is 11.5 Å². The lowest BCUT2D eigenvalue weighted by molar-refractivity contribution is 0.0526. The molecule has 0 saturated carbocycles. The minimum Gasteiger partial charge on any atom is -0.497 e. The molecule has 0 radical (unpaired) electrons. The first kappa shape index (κ1) is 27.6. The Balaban J connectivity index is 2.14. The Kier molecular flexibility index (Phi) is 9.17. The molecule has 3 aromatic rings. The highest BCUT2D eigenvalue weighted by atomic mass is 32.2. The molecule has 37 heavy (non-hydrogen) atoms. The van der Waals surface area contributed by atoms with Crippen molar-refractivity contribution in [1.29, 1.82) is 0 Å². The Bertz CT molecular complexity index is 1330. The molecule has 1 unspecified atom stereocenters. The van der Waals surface area contributed by atoms with Crippen molar-refractivity contribution in [2.75, 3.05) is 39.3 Å². The first-order chi connectivity index (χ1) is 17.7. The smallest absolute Gasteiger partial charge is 0.338 e. The first-order valence-electron chi connectivity index (χ1n) is 10.9. The summed E-state index contributed by atoms with van der Waals surface area (Å²) < 4.78 is 55.6. The van der Waals surface area contributed by atoms with E-state index in [4.69, 9.17) is 23.7 Å². The van der Waals surface area contributed by atoms with Crippen molar-refractivity contribution in [3.05, 3.63) is 66.2 Å². The molecule has 12 heteroatoms. The van der Waals surface area contributed by atoms with Gasteiger partial charge in [-0.3, -0.25) is 4.72 Å². The second-order valence-electron chi connectivity index (χ2n) is 7.55. The molecule has 1 atom stereocenters. The molecule has 0 aliphatic heterocycles. The summed E-state index contributed by atoms with van der Waals surface area (Å²) in [6, 6.07) is 14.7. The lowest BCUT2D eigenvalue weighted by Gasteiger charge is -2.20. The Morgan fingerprint density at radius 3 is 2.24 bits per heavy atom. The molecule has 11 nitrogen and oxygen atoms in total. The number of carbonyl (C=O) groups is 1. The number of esters is 1. The largest absolute Gasteiger partial charge is 0.497 e. The quantitative estimate of drug-likeness (QED) is 0.297. The Hall–Kier alpha value is -4.00. The van der Waals surface area contributed by atoms with E-state index in [0.717, 1.165) is 0 Å². The lowest BCUT2D eigenvalue weighted by atomic mass is 10.1. The van der Waals surface area contributed by atoms with Crippen LogP contribution in [0.1, 0.15) is 10.4 Å². The molecule has 198 valence electrons. The number of hydrogen-bond acceptors (Lipinski definition) is 10. The third kappa shape index (κ3) is 7.03. The van der Waals surface area contributed by atoms with Crippen molar-refractivity contribution in [3.8, 4) is 28.7 Å². The van der Waals surface area contributed by atoms with Crippen LogP contribution in [0.2, 0.25) is 0 Å². The van der Waals surface area contributed by atoms with Crippen LogP contribution < -0.4 is 23.7 Å². The first-order valence-corrected chi connectivity index (χ1v) is 12.4. The normalized spacial score (nSPS) is 11.8. The average molecular weight is 534 g/mol. The average Bonchev–Trinajstić information content (AvgIpc) is 2.92. The predicted molar refractivity (Wildman–Crippen MR) is 133 cm³/mol. The van der Waals surface area contributed by atoms with Crippen molar-refractivity contribution in [3.63, 3.8) is 0 Å². The summed E-state index contributed by atoms with van der Waals surface area (Å²) in [4.78, 5) is 12.3. The number of nitrogens with one attached hydrogen (secondary N) is 1. The molecule has 0 amide bonds. The predicted octanol–water partition coefficient (Wildman–Crippen LogP) is 2.82. The third-order valence-electron chi connectivity index (χ3n) is 4.99. The maximum Gasteiger partial charge on any atom is 0.338 e. The molecule has 3 aromatic carbocycles. The summed E-state index contributed by atoms with van der Waals surface area (Å²) in [5, 5.41) is 19.0. The Labute approximate surface area is 214 Å². The van der Waals surface area contributed by atoms with E-state index in [9.17, 15) is 23.4 Å². The standard InChI is InChI=1S/C25H27NO10S/c1-32-18-7-9-21(10-8-18)37(30,31)26-22-11-16(25(29)34-3)12-23(35-15-17(28)14-27)24(22)36-20-6-4-5-19(13-20)33-2/h4-13,17,26-28H,14-15H2,1-3H3. The molecule has 3 N–H and O–H groups in total. The molecule has 0 aromatic heterocycles. The van der Waals surface area contributed by atoms with Crippen molar-refractivity contribution >= 4 is 21.7 Å². The van der Waals surface area contributed by atoms with Gasteiger partial charge in [-0.2, -0.15) is 0 Å². The van der Waals surface area contributed by atoms with Crippen LogP contribution in [0.5, 0.6) is 28.7 Å². The van der Waals surface area contributed by atoms with Gasteiger partial charge in [-0.1, -0.05) is 6.07 Å². The molecular weight excluding hydrogens is 506 g/mol. The number of sulfonamides is 1. The summed E-state index contributed by atoms with van der Waals surface area (Å²) in [6.45, 7) is -0.958. The fraction of sp³-hybridized carbons (Fsp3) is 0.240. The highest BCUT2D eigenvalue weighted by Gasteiger charge is 2.24. The molecule has 0 bridgehead atoms. The van der Waals surface area contributed by atoms with Gasteiger partial charge in [-0.25, -0.2) is 13.2 Å². The number of rotatable bonds is 12. The van der Waals surface area contributed by atoms with E-state index in [-0.39, 0.29) is 40.0 Å². The van der Waals surface area contributed by atoms with Crippen molar-refractivity contribution in [2.24, 2.45) is 0 Å². The van der Waals surface area contributed by atoms with Crippen LogP contribution >= 0.6 is 0 Å². The minimum atomic E-state index is -4.18. The van der Waals surface area contributed by atoms with Gasteiger partial charge in [0.15, 0.2) is 11.5 Å². The molecule has 0 spiro atoms. The number of hydrogen-bond donors (Lipinski definition) is 3. The van der Waals surface area contributed by atoms with Gasteiger partial charge < -0.3 is 33.9 Å². The van der Waals surface area contributed by atoms with E-state index in [1.165, 1.54) is 57.7 Å². The van der Waals surface area contributed by atoms with E-state index in [1.54, 1.807) is 24.3 Å². The SMILES string of the molecule is COC(=O)c1cc(NS(=O)(=O)c2ccc(OC)cc2)c(Oc2cccc(OC)c2)c(OCC(O)CO)c1. The van der Waals surface area contributed by atoms with Gasteiger partial charge in [-0.15, -0.1) is 0 Å². The molecule has 0 heterocycles. The number of anilines is 1. The zero-order valence-electron chi connectivity index (χ0n) is 20.3. The van der Waals surface area contributed by atoms with Crippen molar-refractivity contribution < 1.29 is 47.1 Å². The molecule has 3 rings (SSSR count). The maximum atomic E-state index is 13.2. The van der Waals surface area contributed by atoms with Crippen LogP contribution in [0.25, 0.3) is 0 Å². The second-order valence-corrected chi connectivity index (χ2v) is 9.23. The summed E-state index contributed by atoms with van der Waals surface area (Å²) in [6.07, 6.45) is -1.24. The monoisotopic (exact) mass is 533 g/mol. The minimum absolute atomic E-state index is 0.0542. The second kappa shape index (κ2) is 12.3. The van der Waals surface area contributed by atoms with E-state index in [2.05, 4.69) is 4.72 Å². The zero-order valence-corrected chi connectivity index (χ0v) is 21.2. The Morgan fingerprint density at radius 1 is 0.946 bits per heavy atom. The summed E-state index contributed by atoms with van der Waals surface area (Å²) >= 11 is 0. The molecule has 0 aliphatic rings. The number of carbonyl (C=O) groups excluding carboxylic acids is 1. The van der Waals surface area contributed by atoms with Crippen LogP contribution in [-0.2, 0) is 14.8 Å². The topological polar surface area (TPSA) is 150 Å². The highest BCUT2D eigenvalue weighted by molar-refractivity contribution is 7.92. The van der Waals surface area contributed by atoms with Gasteiger partial charge in [0, 0.05) is 6.07 Å². The van der Waals surface area contributed by atoms with Crippen LogP contribution in [0.15, 0.2) is 65.6 Å². The fourth-order valence-corrected chi connectivity index (χ4v) is 4.16. The van der Waals surface area contributed by atoms with Gasteiger partial charge >= 0.3 is 5.97 Å². The number of aliphatic hydroxyl groups is 2. The van der Waals surface area contributed by atoms with Gasteiger partial charge in [0.1, 0.15) is 30.0 Å². The molecule has 0 fully saturated rings. The van der Waals surface area contributed by atoms with Gasteiger partial charge in [0.25, 0.3) is 10.0 Å². The number of benzene rings is 3. The van der Waals surface area contributed by atoms with Gasteiger partial charge in [0.05, 0.1) is 44.1 Å². The van der Waals surface area contributed by atoms with Crippen molar-refractivity contribution in [2.45, 2.75) is 11.0 Å². The van der Waals surface area contributed by atoms with E-state index >= 15 is 0 Å². The molecule has 0 aliphatic carbocycles. The van der Waals surface area contributed by atoms with Crippen LogP contribution in [0.3, 0.4) is 0 Å². The summed E-state index contributed by atoms with van der Waals surface area (Å²) in [5.74, 6) is 0.232. The summed E-state index contributed by atoms with van der Waals surface area (Å²) in [5.41, 5.74) is -0.198. The van der Waals surface area contributed by atoms with Crippen molar-refractivity contribution in [1.82, 2.24) is 0 Å². The van der Waals surface area contributed by atoms with Gasteiger partial charge in [-0.05, 0) is 48.5 Å². The lowest BCUT2D eigenvalue weighted by Crippen LogP contribution is -2.22. The van der Waals surface area contributed by atoms with E-state index in [1.807, 2.05) is 0 Å². The third-order valence-corrected chi connectivity index (χ3v) is 6.37. The maximum absolute atomic E-state index is 13.2. The molecular formula is C25H27NO10S. The number of ether oxygens (including phenoxy) is 5. The molecule has 0 saturated heterocycles. The van der Waals surface area contributed by atoms with Crippen LogP contribution in [0.4, 0.5) is 5.69 Å². The number of aliphatic hydroxyl groups excluding tert-OH is 2. The van der Waals surface area contributed by atoms with Crippen LogP contribution in [-0.4, -0.2) is 65.2 Å². The zero-order chi connectivity index (χ0) is 27.0. The number of methoxy groups -OCH3 is 3. The van der Waals surface area contributed by atoms with Crippen LogP contribution in [0, 0.1) is 0 Å². The van der Waals surface area contributed by atoms with E-state index < -0.39 is 28.7 Å². The fourth-order valence-electron chi connectivity index (χ4n) is 3.11. The highest BCUT2D eigenvalue weighted by Crippen LogP contribution is 2.42. The summed E-state index contributed by atoms with van der Waals surface area (Å²) in [7, 11) is -0.0766.